The minimum absolute atomic E-state index is 0.0272. The Hall–Kier alpha value is -2.20. The van der Waals surface area contributed by atoms with E-state index in [0.29, 0.717) is 29.8 Å². The standard InChI is InChI=1S/C19H16BrNO2/c1-2-13-10-18(22)21(12-13)17-9-8-15(20)11-16(17)19(23)14-6-4-3-5-7-14/h2-9,11,13H,1,10,12H2. The van der Waals surface area contributed by atoms with Gasteiger partial charge in [-0.3, -0.25) is 9.59 Å². The summed E-state index contributed by atoms with van der Waals surface area (Å²) in [6.45, 7) is 4.34. The quantitative estimate of drug-likeness (QED) is 0.597. The van der Waals surface area contributed by atoms with E-state index in [-0.39, 0.29) is 17.6 Å². The predicted molar refractivity (Wildman–Crippen MR) is 94.7 cm³/mol. The Bertz CT molecular complexity index is 770. The fourth-order valence-corrected chi connectivity index (χ4v) is 3.16. The molecule has 1 unspecified atom stereocenters. The number of carbonyl (C=O) groups is 2. The van der Waals surface area contributed by atoms with Crippen LogP contribution >= 0.6 is 15.9 Å². The van der Waals surface area contributed by atoms with E-state index < -0.39 is 0 Å². The summed E-state index contributed by atoms with van der Waals surface area (Å²) < 4.78 is 0.812. The van der Waals surface area contributed by atoms with E-state index in [1.54, 1.807) is 29.2 Å². The summed E-state index contributed by atoms with van der Waals surface area (Å²) >= 11 is 3.41. The molecule has 1 fully saturated rings. The average Bonchev–Trinajstić information content (AvgIpc) is 2.96. The number of benzene rings is 2. The van der Waals surface area contributed by atoms with Gasteiger partial charge in [-0.15, -0.1) is 6.58 Å². The number of anilines is 1. The van der Waals surface area contributed by atoms with Crippen molar-refractivity contribution in [2.24, 2.45) is 5.92 Å². The van der Waals surface area contributed by atoms with Crippen molar-refractivity contribution in [3.8, 4) is 0 Å². The summed E-state index contributed by atoms with van der Waals surface area (Å²) in [4.78, 5) is 26.8. The van der Waals surface area contributed by atoms with Crippen molar-refractivity contribution in [2.45, 2.75) is 6.42 Å². The summed E-state index contributed by atoms with van der Waals surface area (Å²) in [5.74, 6) is 0.0712. The number of carbonyl (C=O) groups excluding carboxylic acids is 2. The zero-order valence-corrected chi connectivity index (χ0v) is 14.1. The highest BCUT2D eigenvalue weighted by Gasteiger charge is 2.31. The average molecular weight is 370 g/mol. The van der Waals surface area contributed by atoms with Crippen molar-refractivity contribution < 1.29 is 9.59 Å². The molecule has 0 bridgehead atoms. The van der Waals surface area contributed by atoms with Gasteiger partial charge in [0.25, 0.3) is 0 Å². The number of amides is 1. The lowest BCUT2D eigenvalue weighted by Crippen LogP contribution is -2.26. The van der Waals surface area contributed by atoms with Gasteiger partial charge in [0.05, 0.1) is 5.69 Å². The Morgan fingerprint density at radius 2 is 1.96 bits per heavy atom. The predicted octanol–water partition coefficient (Wildman–Crippen LogP) is 4.22. The smallest absolute Gasteiger partial charge is 0.227 e. The number of hydrogen-bond donors (Lipinski definition) is 0. The van der Waals surface area contributed by atoms with Gasteiger partial charge in [-0.1, -0.05) is 52.3 Å². The molecule has 0 aromatic heterocycles. The summed E-state index contributed by atoms with van der Waals surface area (Å²) in [7, 11) is 0. The SMILES string of the molecule is C=CC1CC(=O)N(c2ccc(Br)cc2C(=O)c2ccccc2)C1. The normalized spacial score (nSPS) is 17.3. The first-order valence-corrected chi connectivity index (χ1v) is 8.21. The number of nitrogens with zero attached hydrogens (tertiary/aromatic N) is 1. The van der Waals surface area contributed by atoms with Crippen LogP contribution in [0, 0.1) is 5.92 Å². The number of halogens is 1. The van der Waals surface area contributed by atoms with Gasteiger partial charge in [0, 0.05) is 34.5 Å². The van der Waals surface area contributed by atoms with Gasteiger partial charge < -0.3 is 4.90 Å². The Balaban J connectivity index is 2.04. The van der Waals surface area contributed by atoms with E-state index in [1.807, 2.05) is 30.3 Å². The van der Waals surface area contributed by atoms with Crippen LogP contribution in [0.15, 0.2) is 65.7 Å². The third-order valence-corrected chi connectivity index (χ3v) is 4.51. The zero-order chi connectivity index (χ0) is 16.4. The van der Waals surface area contributed by atoms with Gasteiger partial charge in [0.15, 0.2) is 5.78 Å². The van der Waals surface area contributed by atoms with Crippen LogP contribution in [-0.2, 0) is 4.79 Å². The zero-order valence-electron chi connectivity index (χ0n) is 12.5. The third kappa shape index (κ3) is 3.13. The fraction of sp³-hybridized carbons (Fsp3) is 0.158. The van der Waals surface area contributed by atoms with E-state index in [4.69, 9.17) is 0 Å². The highest BCUT2D eigenvalue weighted by molar-refractivity contribution is 9.10. The molecule has 0 radical (unpaired) electrons. The lowest BCUT2D eigenvalue weighted by molar-refractivity contribution is -0.117. The van der Waals surface area contributed by atoms with E-state index in [9.17, 15) is 9.59 Å². The summed E-state index contributed by atoms with van der Waals surface area (Å²) in [6, 6.07) is 14.6. The maximum atomic E-state index is 12.9. The Kier molecular flexibility index (Phi) is 4.44. The van der Waals surface area contributed by atoms with Crippen molar-refractivity contribution in [3.05, 3.63) is 76.8 Å². The molecule has 3 nitrogen and oxygen atoms in total. The van der Waals surface area contributed by atoms with Gasteiger partial charge >= 0.3 is 0 Å². The van der Waals surface area contributed by atoms with Gasteiger partial charge in [0.1, 0.15) is 0 Å². The number of hydrogen-bond acceptors (Lipinski definition) is 2. The molecule has 0 N–H and O–H groups in total. The minimum Gasteiger partial charge on any atom is -0.311 e. The highest BCUT2D eigenvalue weighted by atomic mass is 79.9. The van der Waals surface area contributed by atoms with Crippen LogP contribution in [-0.4, -0.2) is 18.2 Å². The second-order valence-corrected chi connectivity index (χ2v) is 6.48. The van der Waals surface area contributed by atoms with Crippen LogP contribution in [0.5, 0.6) is 0 Å². The Labute approximate surface area is 143 Å². The molecule has 1 aliphatic heterocycles. The van der Waals surface area contributed by atoms with E-state index in [0.717, 1.165) is 4.47 Å². The van der Waals surface area contributed by atoms with E-state index >= 15 is 0 Å². The fourth-order valence-electron chi connectivity index (χ4n) is 2.80. The lowest BCUT2D eigenvalue weighted by atomic mass is 10.0. The highest BCUT2D eigenvalue weighted by Crippen LogP contribution is 2.32. The molecule has 4 heteroatoms. The second kappa shape index (κ2) is 6.50. The summed E-state index contributed by atoms with van der Waals surface area (Å²) in [5, 5.41) is 0. The van der Waals surface area contributed by atoms with Crippen LogP contribution < -0.4 is 4.90 Å². The Morgan fingerprint density at radius 3 is 2.61 bits per heavy atom. The molecule has 2 aromatic rings. The van der Waals surface area contributed by atoms with E-state index in [1.165, 1.54) is 0 Å². The molecule has 1 atom stereocenters. The molecule has 2 aromatic carbocycles. The largest absolute Gasteiger partial charge is 0.311 e. The molecule has 1 saturated heterocycles. The Morgan fingerprint density at radius 1 is 1.22 bits per heavy atom. The van der Waals surface area contributed by atoms with E-state index in [2.05, 4.69) is 22.5 Å². The van der Waals surface area contributed by atoms with Crippen LogP contribution in [0.4, 0.5) is 5.69 Å². The molecule has 116 valence electrons. The van der Waals surface area contributed by atoms with Gasteiger partial charge in [-0.25, -0.2) is 0 Å². The number of ketones is 1. The molecular formula is C19H16BrNO2. The molecule has 0 aliphatic carbocycles. The minimum atomic E-state index is -0.0863. The second-order valence-electron chi connectivity index (χ2n) is 5.56. The van der Waals surface area contributed by atoms with Crippen LogP contribution in [0.2, 0.25) is 0 Å². The molecule has 1 heterocycles. The summed E-state index contributed by atoms with van der Waals surface area (Å²) in [5.41, 5.74) is 1.80. The molecule has 0 spiro atoms. The van der Waals surface area contributed by atoms with Crippen LogP contribution in [0.25, 0.3) is 0 Å². The molecule has 1 amide bonds. The topological polar surface area (TPSA) is 37.4 Å². The monoisotopic (exact) mass is 369 g/mol. The van der Waals surface area contributed by atoms with Crippen LogP contribution in [0.1, 0.15) is 22.3 Å². The molecule has 3 rings (SSSR count). The van der Waals surface area contributed by atoms with Gasteiger partial charge in [-0.05, 0) is 18.2 Å². The third-order valence-electron chi connectivity index (χ3n) is 4.02. The summed E-state index contributed by atoms with van der Waals surface area (Å²) in [6.07, 6.45) is 2.24. The first-order chi connectivity index (χ1) is 11.1. The van der Waals surface area contributed by atoms with Crippen LogP contribution in [0.3, 0.4) is 0 Å². The number of rotatable bonds is 4. The van der Waals surface area contributed by atoms with Crippen molar-refractivity contribution >= 4 is 33.3 Å². The molecule has 0 saturated carbocycles. The van der Waals surface area contributed by atoms with Crippen molar-refractivity contribution in [1.82, 2.24) is 0 Å². The molecular weight excluding hydrogens is 354 g/mol. The van der Waals surface area contributed by atoms with Crippen molar-refractivity contribution in [3.63, 3.8) is 0 Å². The first-order valence-electron chi connectivity index (χ1n) is 7.42. The van der Waals surface area contributed by atoms with Crippen molar-refractivity contribution in [1.29, 1.82) is 0 Å². The van der Waals surface area contributed by atoms with Gasteiger partial charge in [0.2, 0.25) is 5.91 Å². The van der Waals surface area contributed by atoms with Gasteiger partial charge in [-0.2, -0.15) is 0 Å². The molecule has 23 heavy (non-hydrogen) atoms. The van der Waals surface area contributed by atoms with Crippen molar-refractivity contribution in [2.75, 3.05) is 11.4 Å². The maximum absolute atomic E-state index is 12.9. The maximum Gasteiger partial charge on any atom is 0.227 e. The first kappa shape index (κ1) is 15.7. The molecule has 1 aliphatic rings. The lowest BCUT2D eigenvalue weighted by Gasteiger charge is -2.20.